The molecule has 0 saturated heterocycles. The quantitative estimate of drug-likeness (QED) is 0.726. The molecule has 1 rings (SSSR count). The van der Waals surface area contributed by atoms with Gasteiger partial charge in [0.2, 0.25) is 0 Å². The van der Waals surface area contributed by atoms with Crippen molar-refractivity contribution in [1.82, 2.24) is 5.32 Å². The Balaban J connectivity index is 2.02. The topological polar surface area (TPSA) is 12.0 Å². The van der Waals surface area contributed by atoms with Crippen molar-refractivity contribution in [2.45, 2.75) is 64.2 Å². The minimum Gasteiger partial charge on any atom is -0.311 e. The van der Waals surface area contributed by atoms with Gasteiger partial charge >= 0.3 is 6.18 Å². The molecule has 0 radical (unpaired) electrons. The first-order valence-corrected chi connectivity index (χ1v) is 5.75. The summed E-state index contributed by atoms with van der Waals surface area (Å²) >= 11 is 0. The molecule has 3 atom stereocenters. The Bertz CT molecular complexity index is 191. The monoisotopic (exact) mass is 223 g/mol. The van der Waals surface area contributed by atoms with Gasteiger partial charge in [0.1, 0.15) is 0 Å². The Kier molecular flexibility index (Phi) is 4.44. The fraction of sp³-hybridized carbons (Fsp3) is 1.00. The predicted molar refractivity (Wildman–Crippen MR) is 54.7 cm³/mol. The summed E-state index contributed by atoms with van der Waals surface area (Å²) < 4.78 is 35.6. The van der Waals surface area contributed by atoms with Crippen LogP contribution in [-0.2, 0) is 0 Å². The zero-order valence-electron chi connectivity index (χ0n) is 9.40. The summed E-state index contributed by atoms with van der Waals surface area (Å²) in [6.45, 7) is 4.13. The molecule has 0 aromatic carbocycles. The minimum atomic E-state index is -3.99. The highest BCUT2D eigenvalue weighted by Crippen LogP contribution is 2.33. The lowest BCUT2D eigenvalue weighted by Gasteiger charge is -2.14. The number of alkyl halides is 3. The lowest BCUT2D eigenvalue weighted by molar-refractivity contribution is -0.135. The van der Waals surface area contributed by atoms with E-state index < -0.39 is 12.6 Å². The Morgan fingerprint density at radius 2 is 2.07 bits per heavy atom. The molecule has 0 heterocycles. The van der Waals surface area contributed by atoms with Gasteiger partial charge in [0.05, 0.1) is 0 Å². The number of nitrogens with one attached hydrogen (secondary N) is 1. The van der Waals surface area contributed by atoms with Crippen LogP contribution in [0.4, 0.5) is 13.2 Å². The molecule has 1 N–H and O–H groups in total. The van der Waals surface area contributed by atoms with E-state index in [2.05, 4.69) is 12.2 Å². The summed E-state index contributed by atoms with van der Waals surface area (Å²) in [5.74, 6) is 0.759. The van der Waals surface area contributed by atoms with Gasteiger partial charge in [-0.1, -0.05) is 13.3 Å². The summed E-state index contributed by atoms with van der Waals surface area (Å²) in [5, 5.41) is 3.37. The molecule has 0 bridgehead atoms. The summed E-state index contributed by atoms with van der Waals surface area (Å²) in [4.78, 5) is 0. The predicted octanol–water partition coefficient (Wildman–Crippen LogP) is 3.50. The molecule has 0 amide bonds. The van der Waals surface area contributed by atoms with Crippen LogP contribution in [0, 0.1) is 5.92 Å². The van der Waals surface area contributed by atoms with Crippen molar-refractivity contribution in [1.29, 1.82) is 0 Å². The van der Waals surface area contributed by atoms with Crippen LogP contribution in [-0.4, -0.2) is 18.3 Å². The Morgan fingerprint density at radius 3 is 2.53 bits per heavy atom. The molecule has 0 aromatic heterocycles. The van der Waals surface area contributed by atoms with Gasteiger partial charge in [0.25, 0.3) is 0 Å². The van der Waals surface area contributed by atoms with Gasteiger partial charge in [-0.3, -0.25) is 0 Å². The molecule has 0 spiro atoms. The van der Waals surface area contributed by atoms with Crippen molar-refractivity contribution in [3.05, 3.63) is 0 Å². The third-order valence-corrected chi connectivity index (χ3v) is 3.04. The van der Waals surface area contributed by atoms with Crippen LogP contribution in [0.2, 0.25) is 0 Å². The third-order valence-electron chi connectivity index (χ3n) is 3.04. The van der Waals surface area contributed by atoms with Crippen LogP contribution in [0.3, 0.4) is 0 Å². The highest BCUT2D eigenvalue weighted by atomic mass is 19.4. The Hall–Kier alpha value is -0.250. The van der Waals surface area contributed by atoms with E-state index in [4.69, 9.17) is 0 Å². The van der Waals surface area contributed by atoms with E-state index in [0.717, 1.165) is 5.92 Å². The van der Waals surface area contributed by atoms with Crippen molar-refractivity contribution in [3.8, 4) is 0 Å². The van der Waals surface area contributed by atoms with Gasteiger partial charge in [-0.2, -0.15) is 13.2 Å². The van der Waals surface area contributed by atoms with Crippen LogP contribution in [0.1, 0.15) is 46.0 Å². The average molecular weight is 223 g/mol. The second-order valence-electron chi connectivity index (χ2n) is 4.59. The van der Waals surface area contributed by atoms with Gasteiger partial charge in [0, 0.05) is 18.5 Å². The van der Waals surface area contributed by atoms with Gasteiger partial charge in [-0.15, -0.1) is 0 Å². The van der Waals surface area contributed by atoms with Gasteiger partial charge < -0.3 is 5.32 Å². The summed E-state index contributed by atoms with van der Waals surface area (Å²) in [6, 6.07) is 0.782. The van der Waals surface area contributed by atoms with E-state index in [1.807, 2.05) is 6.92 Å². The molecule has 3 unspecified atom stereocenters. The second kappa shape index (κ2) is 5.19. The normalized spacial score (nSPS) is 27.8. The van der Waals surface area contributed by atoms with Crippen LogP contribution < -0.4 is 5.32 Å². The van der Waals surface area contributed by atoms with E-state index in [-0.39, 0.29) is 12.5 Å². The van der Waals surface area contributed by atoms with E-state index >= 15 is 0 Å². The molecule has 1 fully saturated rings. The number of rotatable bonds is 6. The standard InChI is InChI=1S/C11H20F3N/c1-3-9-7-10(9)15-8(2)5-4-6-11(12,13)14/h8-10,15H,3-7H2,1-2H3. The summed E-state index contributed by atoms with van der Waals surface area (Å²) in [5.41, 5.74) is 0. The fourth-order valence-electron chi connectivity index (χ4n) is 1.96. The molecule has 1 saturated carbocycles. The molecular formula is C11H20F3N. The summed E-state index contributed by atoms with van der Waals surface area (Å²) in [7, 11) is 0. The Labute approximate surface area is 89.4 Å². The van der Waals surface area contributed by atoms with Gasteiger partial charge in [-0.25, -0.2) is 0 Å². The zero-order chi connectivity index (χ0) is 11.5. The third kappa shape index (κ3) is 5.40. The molecule has 90 valence electrons. The molecule has 0 aliphatic heterocycles. The minimum absolute atomic E-state index is 0.217. The number of hydrogen-bond donors (Lipinski definition) is 1. The van der Waals surface area contributed by atoms with Gasteiger partial charge in [-0.05, 0) is 32.1 Å². The van der Waals surface area contributed by atoms with Crippen LogP contribution in [0.15, 0.2) is 0 Å². The highest BCUT2D eigenvalue weighted by molar-refractivity contribution is 4.93. The molecule has 4 heteroatoms. The highest BCUT2D eigenvalue weighted by Gasteiger charge is 2.35. The van der Waals surface area contributed by atoms with E-state index in [1.54, 1.807) is 0 Å². The van der Waals surface area contributed by atoms with Crippen LogP contribution in [0.25, 0.3) is 0 Å². The molecule has 15 heavy (non-hydrogen) atoms. The summed E-state index contributed by atoms with van der Waals surface area (Å²) in [6.07, 6.45) is -1.42. The van der Waals surface area contributed by atoms with Crippen LogP contribution in [0.5, 0.6) is 0 Å². The molecule has 0 aromatic rings. The lowest BCUT2D eigenvalue weighted by atomic mass is 10.1. The fourth-order valence-corrected chi connectivity index (χ4v) is 1.96. The molecule has 1 aliphatic carbocycles. The first-order chi connectivity index (χ1) is 6.92. The Morgan fingerprint density at radius 1 is 1.40 bits per heavy atom. The van der Waals surface area contributed by atoms with Crippen molar-refractivity contribution >= 4 is 0 Å². The number of hydrogen-bond acceptors (Lipinski definition) is 1. The first kappa shape index (κ1) is 12.8. The maximum atomic E-state index is 11.9. The van der Waals surface area contributed by atoms with E-state index in [1.165, 1.54) is 12.8 Å². The van der Waals surface area contributed by atoms with Crippen LogP contribution >= 0.6 is 0 Å². The molecule has 1 nitrogen and oxygen atoms in total. The SMILES string of the molecule is CCC1CC1NC(C)CCCC(F)(F)F. The molecule has 1 aliphatic rings. The molecular weight excluding hydrogens is 203 g/mol. The first-order valence-electron chi connectivity index (χ1n) is 5.75. The second-order valence-corrected chi connectivity index (χ2v) is 4.59. The van der Waals surface area contributed by atoms with E-state index in [0.29, 0.717) is 12.5 Å². The van der Waals surface area contributed by atoms with Crippen molar-refractivity contribution in [2.24, 2.45) is 5.92 Å². The lowest BCUT2D eigenvalue weighted by Crippen LogP contribution is -2.29. The largest absolute Gasteiger partial charge is 0.389 e. The smallest absolute Gasteiger partial charge is 0.311 e. The van der Waals surface area contributed by atoms with E-state index in [9.17, 15) is 13.2 Å². The zero-order valence-corrected chi connectivity index (χ0v) is 9.40. The van der Waals surface area contributed by atoms with Crippen molar-refractivity contribution < 1.29 is 13.2 Å². The van der Waals surface area contributed by atoms with Crippen molar-refractivity contribution in [2.75, 3.05) is 0 Å². The maximum Gasteiger partial charge on any atom is 0.389 e. The number of halogens is 3. The maximum absolute atomic E-state index is 11.9. The van der Waals surface area contributed by atoms with Gasteiger partial charge in [0.15, 0.2) is 0 Å². The average Bonchev–Trinajstić information content (AvgIpc) is 2.80. The van der Waals surface area contributed by atoms with Crippen molar-refractivity contribution in [3.63, 3.8) is 0 Å².